The second kappa shape index (κ2) is 27.8. The average molecular weight is 1250 g/mol. The van der Waals surface area contributed by atoms with Crippen LogP contribution < -0.4 is 0 Å². The molecule has 35 heteroatoms. The molecular weight excluding hydrogens is 1180 g/mol. The van der Waals surface area contributed by atoms with Gasteiger partial charge in [0.25, 0.3) is 0 Å². The summed E-state index contributed by atoms with van der Waals surface area (Å²) in [5, 5.41) is 160. The van der Waals surface area contributed by atoms with Gasteiger partial charge < -0.3 is 138 Å². The molecule has 0 unspecified atom stereocenters. The van der Waals surface area contributed by atoms with Crippen molar-refractivity contribution in [2.75, 3.05) is 40.3 Å². The van der Waals surface area contributed by atoms with Crippen molar-refractivity contribution < 1.29 is 138 Å². The first-order valence-electron chi connectivity index (χ1n) is 24.6. The molecule has 448 valence electrons. The lowest BCUT2D eigenvalue weighted by Gasteiger charge is -2.50. The molecule has 15 saturated heterocycles. The maximum absolute atomic E-state index is 11.5. The van der Waals surface area contributed by atoms with Crippen molar-refractivity contribution in [1.82, 2.24) is 0 Å². The van der Waals surface area contributed by atoms with Crippen molar-refractivity contribution >= 4 is 88.4 Å². The SMILES string of the molecule is O[C@@H]1[C@H]2O[C@H]3[C@H](O)[C@@H](O)[C@@H](O[C@H]4[C@H](O)[C@@H](O)[C@@H](O[C@H]5[C@H](O)[C@@H](O)[C@@H](O[C@H]6[C@H](O)[C@@H](O)[C@@H](O[C@H]7[C@@H](O)[C@H](O)[C@@H](O[C@H]8[C@@H](O)[C@H](O)[C@@H](O[C@@H]([C@H]1O)[C@@H](CS)O2)O[C@@H]8CS)O[C@@H]7CS)O[C@H]6CS)O[C@H]5CS)O[C@@H]4CS)O[C@@H]3CS. The zero-order valence-corrected chi connectivity index (χ0v) is 46.5. The molecule has 77 heavy (non-hydrogen) atoms. The van der Waals surface area contributed by atoms with E-state index in [9.17, 15) is 71.5 Å². The molecule has 0 aromatic rings. The summed E-state index contributed by atoms with van der Waals surface area (Å²) in [4.78, 5) is 0. The third kappa shape index (κ3) is 13.1. The number of hydrogen-bond acceptors (Lipinski definition) is 35. The molecule has 14 N–H and O–H groups in total. The van der Waals surface area contributed by atoms with Crippen molar-refractivity contribution in [3.8, 4) is 0 Å². The monoisotopic (exact) mass is 1250 g/mol. The smallest absolute Gasteiger partial charge is 0.187 e. The minimum Gasteiger partial charge on any atom is -0.387 e. The van der Waals surface area contributed by atoms with E-state index in [-0.39, 0.29) is 40.3 Å². The molecule has 35 atom stereocenters. The van der Waals surface area contributed by atoms with Gasteiger partial charge in [-0.05, 0) is 0 Å². The number of ether oxygens (including phenoxy) is 14. The molecule has 15 fully saturated rings. The summed E-state index contributed by atoms with van der Waals surface area (Å²) in [6, 6.07) is 0. The van der Waals surface area contributed by atoms with E-state index in [0.717, 1.165) is 0 Å². The Bertz CT molecular complexity index is 1490. The van der Waals surface area contributed by atoms with Crippen LogP contribution in [0.2, 0.25) is 0 Å². The van der Waals surface area contributed by atoms with E-state index in [2.05, 4.69) is 88.4 Å². The molecule has 0 radical (unpaired) electrons. The van der Waals surface area contributed by atoms with Crippen LogP contribution >= 0.6 is 88.4 Å². The summed E-state index contributed by atoms with van der Waals surface area (Å²) in [6.07, 6.45) is -59.8. The van der Waals surface area contributed by atoms with Crippen LogP contribution in [0.4, 0.5) is 0 Å². The Balaban J connectivity index is 1.08. The van der Waals surface area contributed by atoms with Gasteiger partial charge in [-0.25, -0.2) is 0 Å². The van der Waals surface area contributed by atoms with Gasteiger partial charge >= 0.3 is 0 Å². The number of aliphatic hydroxyl groups is 14. The van der Waals surface area contributed by atoms with Gasteiger partial charge in [-0.15, -0.1) is 0 Å². The number of thiol groups is 7. The van der Waals surface area contributed by atoms with E-state index in [0.29, 0.717) is 0 Å². The van der Waals surface area contributed by atoms with Crippen LogP contribution in [0.3, 0.4) is 0 Å². The first-order valence-corrected chi connectivity index (χ1v) is 29.0. The summed E-state index contributed by atoms with van der Waals surface area (Å²) in [5.41, 5.74) is 0. The lowest BCUT2D eigenvalue weighted by atomic mass is 9.95. The van der Waals surface area contributed by atoms with E-state index in [4.69, 9.17) is 66.3 Å². The molecule has 0 amide bonds. The highest BCUT2D eigenvalue weighted by atomic mass is 32.1. The van der Waals surface area contributed by atoms with Crippen LogP contribution in [0, 0.1) is 0 Å². The maximum Gasteiger partial charge on any atom is 0.187 e. The van der Waals surface area contributed by atoms with Crippen LogP contribution in [0.1, 0.15) is 0 Å². The first kappa shape index (κ1) is 64.3. The predicted octanol–water partition coefficient (Wildman–Crippen LogP) is -8.67. The fraction of sp³-hybridized carbons (Fsp3) is 1.00. The molecular formula is C42H70O28S7. The van der Waals surface area contributed by atoms with Crippen molar-refractivity contribution in [2.24, 2.45) is 0 Å². The lowest BCUT2D eigenvalue weighted by Crippen LogP contribution is -2.68. The Morgan fingerprint density at radius 3 is 0.364 bits per heavy atom. The van der Waals surface area contributed by atoms with Gasteiger partial charge in [0.05, 0.1) is 42.7 Å². The Labute approximate surface area is 478 Å². The second-order valence-corrected chi connectivity index (χ2v) is 22.2. The molecule has 0 saturated carbocycles. The summed E-state index contributed by atoms with van der Waals surface area (Å²) in [7, 11) is 0. The molecule has 15 rings (SSSR count). The van der Waals surface area contributed by atoms with Gasteiger partial charge in [0.15, 0.2) is 44.0 Å². The summed E-state index contributed by atoms with van der Waals surface area (Å²) in [6.45, 7) is 0. The molecule has 14 bridgehead atoms. The zero-order chi connectivity index (χ0) is 56.1. The van der Waals surface area contributed by atoms with Gasteiger partial charge in [-0.1, -0.05) is 0 Å². The van der Waals surface area contributed by atoms with Gasteiger partial charge in [0.1, 0.15) is 128 Å². The minimum absolute atomic E-state index is 0.240. The quantitative estimate of drug-likeness (QED) is 0.105. The number of hydrogen-bond donors (Lipinski definition) is 21. The van der Waals surface area contributed by atoms with Gasteiger partial charge in [-0.2, -0.15) is 88.4 Å². The molecule has 0 spiro atoms. The first-order chi connectivity index (χ1) is 36.7. The van der Waals surface area contributed by atoms with Gasteiger partial charge in [-0.3, -0.25) is 0 Å². The van der Waals surface area contributed by atoms with Crippen molar-refractivity contribution in [1.29, 1.82) is 0 Å². The topological polar surface area (TPSA) is 412 Å². The van der Waals surface area contributed by atoms with Crippen molar-refractivity contribution in [3.05, 3.63) is 0 Å². The van der Waals surface area contributed by atoms with Gasteiger partial charge in [0.2, 0.25) is 0 Å². The fourth-order valence-electron chi connectivity index (χ4n) is 10.4. The number of fused-ring (bicyclic) bond motifs is 7. The Hall–Kier alpha value is 1.33. The van der Waals surface area contributed by atoms with Crippen molar-refractivity contribution in [2.45, 2.75) is 215 Å². The highest BCUT2D eigenvalue weighted by Crippen LogP contribution is 2.39. The van der Waals surface area contributed by atoms with Crippen LogP contribution in [-0.4, -0.2) is 327 Å². The predicted molar refractivity (Wildman–Crippen MR) is 276 cm³/mol. The number of aliphatic hydroxyl groups excluding tert-OH is 14. The van der Waals surface area contributed by atoms with E-state index in [1.807, 2.05) is 0 Å². The Morgan fingerprint density at radius 2 is 0.273 bits per heavy atom. The third-order valence-corrected chi connectivity index (χ3v) is 17.3. The second-order valence-electron chi connectivity index (χ2n) is 19.7. The van der Waals surface area contributed by atoms with E-state index in [1.54, 1.807) is 0 Å². The van der Waals surface area contributed by atoms with Crippen LogP contribution in [0.5, 0.6) is 0 Å². The molecule has 15 aliphatic rings. The van der Waals surface area contributed by atoms with E-state index >= 15 is 0 Å². The third-order valence-electron chi connectivity index (χ3n) is 14.8. The van der Waals surface area contributed by atoms with Crippen LogP contribution in [0.25, 0.3) is 0 Å². The van der Waals surface area contributed by atoms with Crippen LogP contribution in [0.15, 0.2) is 0 Å². The summed E-state index contributed by atoms with van der Waals surface area (Å²) < 4.78 is 83.5. The lowest BCUT2D eigenvalue weighted by molar-refractivity contribution is -0.389. The van der Waals surface area contributed by atoms with E-state index < -0.39 is 215 Å². The Morgan fingerprint density at radius 1 is 0.169 bits per heavy atom. The average Bonchev–Trinajstić information content (AvgIpc) is 3.42. The maximum atomic E-state index is 11.5. The molecule has 0 aromatic carbocycles. The highest BCUT2D eigenvalue weighted by Gasteiger charge is 2.59. The Kier molecular flexibility index (Phi) is 23.2. The largest absolute Gasteiger partial charge is 0.387 e. The summed E-state index contributed by atoms with van der Waals surface area (Å²) in [5.74, 6) is -1.68. The fourth-order valence-corrected chi connectivity index (χ4v) is 12.5. The van der Waals surface area contributed by atoms with Crippen LogP contribution in [-0.2, 0) is 66.3 Å². The highest BCUT2D eigenvalue weighted by molar-refractivity contribution is 7.81. The number of rotatable bonds is 7. The van der Waals surface area contributed by atoms with Crippen molar-refractivity contribution in [3.63, 3.8) is 0 Å². The zero-order valence-electron chi connectivity index (χ0n) is 40.3. The molecule has 28 nitrogen and oxygen atoms in total. The summed E-state index contributed by atoms with van der Waals surface area (Å²) >= 11 is 30.2. The molecule has 15 heterocycles. The van der Waals surface area contributed by atoms with Gasteiger partial charge in [0, 0.05) is 40.3 Å². The molecule has 0 aliphatic carbocycles. The standard InChI is InChI=1S/C42H70O28S7/c43-15-22(50)36-57-8(1-71)29(15)64-37-23(51)16(44)31(10(3-73)58-37)66-39-25(53)18(46)33(12(5-75)60-39)68-41-27(55)20(48)35(14(7-77)62-41)70-42-28(56)21(49)34(13(6-76)63-42)69-40-26(54)19(47)32(11(4-74)61-40)67-38-24(52)17(45)30(65-36)9(2-72)59-38/h8-56,71-77H,1-7H2/t8-,9-,10-,11-,12-,13+,14+,15+,16+,17-,18+,19-,20-,21-,22+,23+,24-,25+,26-,27-,28-,29-,30-,31-,32-,33-,34-,35-,36-,37-,38-,39-,40-,41-,42-/m1/s1. The normalized spacial score (nSPS) is 55.4. The minimum atomic E-state index is -1.99. The molecule has 15 aliphatic heterocycles. The van der Waals surface area contributed by atoms with E-state index in [1.165, 1.54) is 0 Å². The molecule has 0 aromatic heterocycles.